The lowest BCUT2D eigenvalue weighted by Gasteiger charge is -2.28. The van der Waals surface area contributed by atoms with E-state index in [0.29, 0.717) is 10.6 Å². The van der Waals surface area contributed by atoms with Crippen LogP contribution in [0, 0.1) is 11.8 Å². The molecule has 0 bridgehead atoms. The Labute approximate surface area is 129 Å². The maximum Gasteiger partial charge on any atom is 0.306 e. The third-order valence-electron chi connectivity index (χ3n) is 4.01. The monoisotopic (exact) mass is 331 g/mol. The van der Waals surface area contributed by atoms with Crippen molar-refractivity contribution in [3.63, 3.8) is 0 Å². The van der Waals surface area contributed by atoms with Gasteiger partial charge in [0.05, 0.1) is 5.92 Å². The largest absolute Gasteiger partial charge is 0.481 e. The number of rotatable bonds is 6. The van der Waals surface area contributed by atoms with Gasteiger partial charge in [0.2, 0.25) is 10.0 Å². The van der Waals surface area contributed by atoms with E-state index in [1.807, 2.05) is 13.0 Å². The van der Waals surface area contributed by atoms with E-state index >= 15 is 0 Å². The van der Waals surface area contributed by atoms with Crippen LogP contribution in [0.15, 0.2) is 16.3 Å². The van der Waals surface area contributed by atoms with Crippen LogP contribution in [0.2, 0.25) is 0 Å². The van der Waals surface area contributed by atoms with Crippen LogP contribution >= 0.6 is 11.3 Å². The highest BCUT2D eigenvalue weighted by atomic mass is 32.2. The summed E-state index contributed by atoms with van der Waals surface area (Å²) < 4.78 is 27.4. The van der Waals surface area contributed by atoms with Gasteiger partial charge < -0.3 is 5.11 Å². The molecule has 1 aliphatic carbocycles. The molecule has 1 aliphatic rings. The zero-order valence-corrected chi connectivity index (χ0v) is 13.7. The third kappa shape index (κ3) is 4.05. The topological polar surface area (TPSA) is 83.5 Å². The van der Waals surface area contributed by atoms with Gasteiger partial charge in [0.1, 0.15) is 4.21 Å². The number of hydrogen-bond acceptors (Lipinski definition) is 4. The molecule has 1 aromatic heterocycles. The van der Waals surface area contributed by atoms with Crippen molar-refractivity contribution in [3.05, 3.63) is 17.0 Å². The van der Waals surface area contributed by atoms with Gasteiger partial charge in [0.25, 0.3) is 0 Å². The zero-order chi connectivity index (χ0) is 15.5. The van der Waals surface area contributed by atoms with Crippen LogP contribution in [0.4, 0.5) is 0 Å². The Hall–Kier alpha value is -0.920. The van der Waals surface area contributed by atoms with Crippen LogP contribution in [0.3, 0.4) is 0 Å². The van der Waals surface area contributed by atoms with Crippen molar-refractivity contribution in [1.29, 1.82) is 0 Å². The van der Waals surface area contributed by atoms with Crippen LogP contribution in [-0.2, 0) is 21.2 Å². The fourth-order valence-electron chi connectivity index (χ4n) is 2.76. The average molecular weight is 331 g/mol. The number of aliphatic carboxylic acids is 1. The first-order chi connectivity index (χ1) is 9.94. The Morgan fingerprint density at radius 3 is 2.71 bits per heavy atom. The summed E-state index contributed by atoms with van der Waals surface area (Å²) in [5.74, 6) is -1.36. The lowest BCUT2D eigenvalue weighted by molar-refractivity contribution is -0.144. The predicted octanol–water partition coefficient (Wildman–Crippen LogP) is 2.48. The lowest BCUT2D eigenvalue weighted by atomic mass is 9.79. The molecule has 0 radical (unpaired) electrons. The summed E-state index contributed by atoms with van der Waals surface area (Å²) in [6.45, 7) is 2.19. The minimum absolute atomic E-state index is 0.114. The van der Waals surface area contributed by atoms with Crippen LogP contribution in [-0.4, -0.2) is 26.0 Å². The summed E-state index contributed by atoms with van der Waals surface area (Å²) in [5.41, 5.74) is 0. The standard InChI is InChI=1S/C14H21NO4S2/c1-2-11-7-8-13(20-11)21(18,19)15-9-10-5-3-4-6-12(10)14(16)17/h7-8,10,12,15H,2-6,9H2,1H3,(H,16,17). The van der Waals surface area contributed by atoms with Gasteiger partial charge in [0.15, 0.2) is 0 Å². The fourth-order valence-corrected chi connectivity index (χ4v) is 5.19. The van der Waals surface area contributed by atoms with E-state index in [2.05, 4.69) is 4.72 Å². The second-order valence-corrected chi connectivity index (χ2v) is 8.58. The van der Waals surface area contributed by atoms with E-state index in [0.717, 1.165) is 30.6 Å². The molecule has 0 saturated heterocycles. The van der Waals surface area contributed by atoms with Crippen molar-refractivity contribution >= 4 is 27.3 Å². The van der Waals surface area contributed by atoms with Crippen molar-refractivity contribution in [2.24, 2.45) is 11.8 Å². The quantitative estimate of drug-likeness (QED) is 0.839. The van der Waals surface area contributed by atoms with Crippen molar-refractivity contribution < 1.29 is 18.3 Å². The van der Waals surface area contributed by atoms with Crippen LogP contribution < -0.4 is 4.72 Å². The zero-order valence-electron chi connectivity index (χ0n) is 12.0. The maximum atomic E-state index is 12.2. The SMILES string of the molecule is CCc1ccc(S(=O)(=O)NCC2CCCCC2C(=O)O)s1. The van der Waals surface area contributed by atoms with Gasteiger partial charge in [-0.3, -0.25) is 4.79 Å². The van der Waals surface area contributed by atoms with E-state index < -0.39 is 21.9 Å². The summed E-state index contributed by atoms with van der Waals surface area (Å²) in [7, 11) is -3.52. The van der Waals surface area contributed by atoms with Crippen molar-refractivity contribution in [1.82, 2.24) is 4.72 Å². The highest BCUT2D eigenvalue weighted by molar-refractivity contribution is 7.91. The Morgan fingerprint density at radius 2 is 2.10 bits per heavy atom. The number of carboxylic acids is 1. The van der Waals surface area contributed by atoms with Crippen LogP contribution in [0.1, 0.15) is 37.5 Å². The molecule has 2 atom stereocenters. The molecule has 1 heterocycles. The van der Waals surface area contributed by atoms with Gasteiger partial charge in [-0.05, 0) is 37.3 Å². The Morgan fingerprint density at radius 1 is 1.38 bits per heavy atom. The number of thiophene rings is 1. The van der Waals surface area contributed by atoms with Crippen molar-refractivity contribution in [2.45, 2.75) is 43.2 Å². The molecule has 1 aromatic rings. The van der Waals surface area contributed by atoms with E-state index in [9.17, 15) is 18.3 Å². The molecule has 2 rings (SSSR count). The summed E-state index contributed by atoms with van der Waals surface area (Å²) in [4.78, 5) is 12.3. The van der Waals surface area contributed by atoms with Crippen molar-refractivity contribution in [2.75, 3.05) is 6.54 Å². The van der Waals surface area contributed by atoms with E-state index in [1.54, 1.807) is 6.07 Å². The van der Waals surface area contributed by atoms with Crippen LogP contribution in [0.5, 0.6) is 0 Å². The molecule has 0 aliphatic heterocycles. The van der Waals surface area contributed by atoms with Crippen LogP contribution in [0.25, 0.3) is 0 Å². The lowest BCUT2D eigenvalue weighted by Crippen LogP contribution is -2.37. The second kappa shape index (κ2) is 6.89. The maximum absolute atomic E-state index is 12.2. The average Bonchev–Trinajstić information content (AvgIpc) is 2.95. The molecule has 1 saturated carbocycles. The van der Waals surface area contributed by atoms with Gasteiger partial charge in [-0.15, -0.1) is 11.3 Å². The molecule has 118 valence electrons. The van der Waals surface area contributed by atoms with Gasteiger partial charge in [-0.1, -0.05) is 19.8 Å². The molecule has 21 heavy (non-hydrogen) atoms. The molecule has 0 spiro atoms. The van der Waals surface area contributed by atoms with E-state index in [1.165, 1.54) is 11.3 Å². The van der Waals surface area contributed by atoms with Gasteiger partial charge in [0, 0.05) is 11.4 Å². The molecule has 5 nitrogen and oxygen atoms in total. The number of hydrogen-bond donors (Lipinski definition) is 2. The smallest absolute Gasteiger partial charge is 0.306 e. The Bertz CT molecular complexity index is 594. The summed E-state index contributed by atoms with van der Waals surface area (Å²) >= 11 is 1.27. The third-order valence-corrected chi connectivity index (χ3v) is 7.16. The highest BCUT2D eigenvalue weighted by Crippen LogP contribution is 2.30. The molecular weight excluding hydrogens is 310 g/mol. The van der Waals surface area contributed by atoms with Crippen molar-refractivity contribution in [3.8, 4) is 0 Å². The summed E-state index contributed by atoms with van der Waals surface area (Å²) in [5, 5.41) is 9.22. The molecule has 1 fully saturated rings. The summed E-state index contributed by atoms with van der Waals surface area (Å²) in [6.07, 6.45) is 4.09. The number of carbonyl (C=O) groups is 1. The second-order valence-electron chi connectivity index (χ2n) is 5.42. The Kier molecular flexibility index (Phi) is 5.40. The van der Waals surface area contributed by atoms with Gasteiger partial charge in [-0.25, -0.2) is 13.1 Å². The number of sulfonamides is 1. The molecule has 7 heteroatoms. The molecule has 2 N–H and O–H groups in total. The summed E-state index contributed by atoms with van der Waals surface area (Å²) in [6, 6.07) is 3.43. The number of aryl methyl sites for hydroxylation is 1. The molecular formula is C14H21NO4S2. The minimum Gasteiger partial charge on any atom is -0.481 e. The number of nitrogens with one attached hydrogen (secondary N) is 1. The Balaban J connectivity index is 2.01. The van der Waals surface area contributed by atoms with Gasteiger partial charge >= 0.3 is 5.97 Å². The first-order valence-corrected chi connectivity index (χ1v) is 9.55. The van der Waals surface area contributed by atoms with E-state index in [-0.39, 0.29) is 12.5 Å². The fraction of sp³-hybridized carbons (Fsp3) is 0.643. The molecule has 2 unspecified atom stereocenters. The highest BCUT2D eigenvalue weighted by Gasteiger charge is 2.31. The van der Waals surface area contributed by atoms with E-state index in [4.69, 9.17) is 0 Å². The first-order valence-electron chi connectivity index (χ1n) is 7.25. The first kappa shape index (κ1) is 16.5. The number of carboxylic acid groups (broad SMARTS) is 1. The molecule has 0 aromatic carbocycles. The normalized spacial score (nSPS) is 23.1. The minimum atomic E-state index is -3.52. The predicted molar refractivity (Wildman–Crippen MR) is 82.0 cm³/mol. The van der Waals surface area contributed by atoms with Gasteiger partial charge in [-0.2, -0.15) is 0 Å². The molecule has 0 amide bonds.